The minimum Gasteiger partial charge on any atom is -0.478 e. The van der Waals surface area contributed by atoms with Crippen LogP contribution in [0.1, 0.15) is 104 Å². The van der Waals surface area contributed by atoms with Crippen LogP contribution in [0, 0.1) is 5.92 Å². The summed E-state index contributed by atoms with van der Waals surface area (Å²) in [6.45, 7) is 6.78. The van der Waals surface area contributed by atoms with Gasteiger partial charge in [-0.05, 0) is 101 Å². The molecule has 3 aromatic carbocycles. The van der Waals surface area contributed by atoms with Gasteiger partial charge in [0, 0.05) is 5.02 Å². The van der Waals surface area contributed by atoms with E-state index in [1.54, 1.807) is 6.07 Å². The Bertz CT molecular complexity index is 1310. The molecule has 0 aliphatic heterocycles. The summed E-state index contributed by atoms with van der Waals surface area (Å²) >= 11 is 6.24. The van der Waals surface area contributed by atoms with E-state index in [9.17, 15) is 9.90 Å². The van der Waals surface area contributed by atoms with Crippen molar-refractivity contribution in [2.75, 3.05) is 0 Å². The third kappa shape index (κ3) is 6.66. The molecule has 4 rings (SSSR count). The van der Waals surface area contributed by atoms with Crippen LogP contribution in [-0.2, 0) is 6.42 Å². The predicted octanol–water partition coefficient (Wildman–Crippen LogP) is 10.3. The van der Waals surface area contributed by atoms with Crippen LogP contribution < -0.4 is 0 Å². The minimum absolute atomic E-state index is 0.307. The zero-order chi connectivity index (χ0) is 27.1. The lowest BCUT2D eigenvalue weighted by molar-refractivity contribution is 0.0696. The van der Waals surface area contributed by atoms with Gasteiger partial charge in [-0.15, -0.1) is 0 Å². The van der Waals surface area contributed by atoms with E-state index >= 15 is 0 Å². The zero-order valence-corrected chi connectivity index (χ0v) is 23.7. The molecule has 0 amide bonds. The molecule has 198 valence electrons. The molecule has 0 aromatic heterocycles. The van der Waals surface area contributed by atoms with Crippen LogP contribution >= 0.6 is 11.6 Å². The molecule has 0 saturated carbocycles. The lowest BCUT2D eigenvalue weighted by Gasteiger charge is -2.20. The summed E-state index contributed by atoms with van der Waals surface area (Å²) in [5.41, 5.74) is 10.1. The van der Waals surface area contributed by atoms with Crippen LogP contribution in [0.3, 0.4) is 0 Å². The third-order valence-electron chi connectivity index (χ3n) is 7.76. The average molecular weight is 527 g/mol. The van der Waals surface area contributed by atoms with Crippen LogP contribution in [0.25, 0.3) is 17.2 Å². The number of unbranched alkanes of at least 4 members (excludes halogenated alkanes) is 3. The van der Waals surface area contributed by atoms with Crippen molar-refractivity contribution in [1.29, 1.82) is 0 Å². The van der Waals surface area contributed by atoms with Crippen LogP contribution in [0.15, 0.2) is 72.3 Å². The summed E-state index contributed by atoms with van der Waals surface area (Å²) in [4.78, 5) is 11.7. The molecule has 0 radical (unpaired) electrons. The molecule has 0 heterocycles. The maximum Gasteiger partial charge on any atom is 0.335 e. The van der Waals surface area contributed by atoms with Gasteiger partial charge in [0.05, 0.1) is 5.56 Å². The van der Waals surface area contributed by atoms with Gasteiger partial charge in [-0.1, -0.05) is 106 Å². The number of carbonyl (C=O) groups is 1. The van der Waals surface area contributed by atoms with Gasteiger partial charge in [0.2, 0.25) is 0 Å². The number of aromatic carboxylic acids is 1. The maximum absolute atomic E-state index is 11.7. The molecule has 0 fully saturated rings. The van der Waals surface area contributed by atoms with Gasteiger partial charge < -0.3 is 5.11 Å². The molecular weight excluding hydrogens is 488 g/mol. The van der Waals surface area contributed by atoms with E-state index < -0.39 is 5.97 Å². The summed E-state index contributed by atoms with van der Waals surface area (Å²) in [6.07, 6.45) is 11.5. The van der Waals surface area contributed by atoms with E-state index in [1.165, 1.54) is 54.4 Å². The van der Waals surface area contributed by atoms with E-state index in [-0.39, 0.29) is 0 Å². The highest BCUT2D eigenvalue weighted by Gasteiger charge is 2.25. The van der Waals surface area contributed by atoms with E-state index in [1.807, 2.05) is 24.3 Å². The van der Waals surface area contributed by atoms with Crippen LogP contribution in [-0.4, -0.2) is 11.1 Å². The second kappa shape index (κ2) is 13.1. The number of allylic oxidation sites excluding steroid dienone is 2. The number of benzene rings is 3. The number of carboxylic acids is 1. The number of halogens is 1. The molecule has 3 heteroatoms. The smallest absolute Gasteiger partial charge is 0.335 e. The molecule has 1 N–H and O–H groups in total. The summed E-state index contributed by atoms with van der Waals surface area (Å²) in [6, 6.07) is 22.6. The Balaban J connectivity index is 1.79. The largest absolute Gasteiger partial charge is 0.478 e. The number of aryl methyl sites for hydroxylation is 1. The molecule has 0 bridgehead atoms. The monoisotopic (exact) mass is 526 g/mol. The highest BCUT2D eigenvalue weighted by atomic mass is 35.5. The Morgan fingerprint density at radius 1 is 0.947 bits per heavy atom. The van der Waals surface area contributed by atoms with E-state index in [0.29, 0.717) is 11.5 Å². The first kappa shape index (κ1) is 27.9. The predicted molar refractivity (Wildman–Crippen MR) is 162 cm³/mol. The van der Waals surface area contributed by atoms with Crippen molar-refractivity contribution < 1.29 is 9.90 Å². The molecule has 1 aliphatic rings. The quantitative estimate of drug-likeness (QED) is 0.267. The molecule has 1 unspecified atom stereocenters. The topological polar surface area (TPSA) is 37.3 Å². The lowest BCUT2D eigenvalue weighted by Crippen LogP contribution is -2.02. The number of fused-ring (bicyclic) bond motifs is 1. The standard InChI is InChI=1S/C35H39ClO2/c1-4-6-7-8-9-25(5-2)22-26-11-14-28(15-12-26)34-32-21-18-30(35(37)38)23-29(32)13-10-24(3)33(34)27-16-19-31(36)20-17-27/h11-12,14-24H,4-10,13H2,1-3H3,(H,37,38)/b25-22-. The SMILES string of the molecule is CCCCCC/C(=C\c1ccc(C2=C(c3ccc(Cl)cc3)C(C)CCc3cc(C(=O)O)ccc32)cc1)CC. The second-order valence-electron chi connectivity index (χ2n) is 10.5. The van der Waals surface area contributed by atoms with Crippen molar-refractivity contribution in [2.24, 2.45) is 5.92 Å². The van der Waals surface area contributed by atoms with E-state index in [4.69, 9.17) is 11.6 Å². The highest BCUT2D eigenvalue weighted by Crippen LogP contribution is 2.43. The van der Waals surface area contributed by atoms with Gasteiger partial charge in [-0.2, -0.15) is 0 Å². The molecule has 38 heavy (non-hydrogen) atoms. The number of carboxylic acid groups (broad SMARTS) is 1. The molecule has 0 saturated heterocycles. The van der Waals surface area contributed by atoms with Gasteiger partial charge in [0.25, 0.3) is 0 Å². The van der Waals surface area contributed by atoms with Gasteiger partial charge in [-0.25, -0.2) is 4.79 Å². The fourth-order valence-electron chi connectivity index (χ4n) is 5.57. The Labute approximate surface area is 233 Å². The second-order valence-corrected chi connectivity index (χ2v) is 10.9. The van der Waals surface area contributed by atoms with Crippen molar-refractivity contribution in [2.45, 2.75) is 72.1 Å². The third-order valence-corrected chi connectivity index (χ3v) is 8.01. The zero-order valence-electron chi connectivity index (χ0n) is 22.9. The first-order valence-corrected chi connectivity index (χ1v) is 14.5. The Morgan fingerprint density at radius 3 is 2.32 bits per heavy atom. The van der Waals surface area contributed by atoms with Gasteiger partial charge in [-0.3, -0.25) is 0 Å². The van der Waals surface area contributed by atoms with Gasteiger partial charge in [0.15, 0.2) is 0 Å². The summed E-state index contributed by atoms with van der Waals surface area (Å²) in [7, 11) is 0. The Morgan fingerprint density at radius 2 is 1.66 bits per heavy atom. The van der Waals surface area contributed by atoms with Crippen LogP contribution in [0.5, 0.6) is 0 Å². The van der Waals surface area contributed by atoms with Crippen molar-refractivity contribution in [3.63, 3.8) is 0 Å². The molecule has 3 aromatic rings. The minimum atomic E-state index is -0.883. The fraction of sp³-hybridized carbons (Fsp3) is 0.343. The lowest BCUT2D eigenvalue weighted by atomic mass is 9.83. The first-order valence-electron chi connectivity index (χ1n) is 14.1. The van der Waals surface area contributed by atoms with Gasteiger partial charge in [0.1, 0.15) is 0 Å². The number of hydrogen-bond acceptors (Lipinski definition) is 1. The Kier molecular flexibility index (Phi) is 9.63. The van der Waals surface area contributed by atoms with Crippen LogP contribution in [0.4, 0.5) is 0 Å². The van der Waals surface area contributed by atoms with Crippen molar-refractivity contribution in [3.8, 4) is 0 Å². The first-order chi connectivity index (χ1) is 18.4. The number of hydrogen-bond donors (Lipinski definition) is 1. The molecular formula is C35H39ClO2. The highest BCUT2D eigenvalue weighted by molar-refractivity contribution is 6.30. The van der Waals surface area contributed by atoms with Crippen molar-refractivity contribution >= 4 is 34.8 Å². The summed E-state index contributed by atoms with van der Waals surface area (Å²) in [5.74, 6) is -0.577. The van der Waals surface area contributed by atoms with Crippen molar-refractivity contribution in [1.82, 2.24) is 0 Å². The van der Waals surface area contributed by atoms with Crippen molar-refractivity contribution in [3.05, 3.63) is 111 Å². The van der Waals surface area contributed by atoms with E-state index in [0.717, 1.165) is 46.5 Å². The average Bonchev–Trinajstić information content (AvgIpc) is 3.07. The molecule has 1 aliphatic carbocycles. The maximum atomic E-state index is 11.7. The fourth-order valence-corrected chi connectivity index (χ4v) is 5.69. The molecule has 0 spiro atoms. The number of rotatable bonds is 10. The Hall–Kier alpha value is -3.10. The molecule has 1 atom stereocenters. The normalized spacial score (nSPS) is 15.8. The van der Waals surface area contributed by atoms with Crippen LogP contribution in [0.2, 0.25) is 5.02 Å². The molecule has 2 nitrogen and oxygen atoms in total. The van der Waals surface area contributed by atoms with E-state index in [2.05, 4.69) is 63.2 Å². The summed E-state index contributed by atoms with van der Waals surface area (Å²) in [5, 5.41) is 10.3. The van der Waals surface area contributed by atoms with Gasteiger partial charge >= 0.3 is 5.97 Å². The summed E-state index contributed by atoms with van der Waals surface area (Å²) < 4.78 is 0.